The molecule has 0 amide bonds. The van der Waals surface area contributed by atoms with E-state index < -0.39 is 0 Å². The lowest BCUT2D eigenvalue weighted by Crippen LogP contribution is -2.19. The zero-order valence-corrected chi connectivity index (χ0v) is 14.0. The molecule has 0 fully saturated rings. The van der Waals surface area contributed by atoms with Gasteiger partial charge in [0.1, 0.15) is 5.76 Å². The van der Waals surface area contributed by atoms with Crippen molar-refractivity contribution < 1.29 is 4.42 Å². The molecule has 3 aromatic rings. The molecule has 1 aromatic carbocycles. The number of nitrogens with zero attached hydrogens (tertiary/aromatic N) is 2. The van der Waals surface area contributed by atoms with Crippen molar-refractivity contribution in [2.45, 2.75) is 33.2 Å². The van der Waals surface area contributed by atoms with Crippen LogP contribution < -0.4 is 5.56 Å². The number of aryl methyl sites for hydroxylation is 1. The van der Waals surface area contributed by atoms with Crippen LogP contribution in [0.15, 0.2) is 62.9 Å². The van der Waals surface area contributed by atoms with Crippen molar-refractivity contribution in [1.29, 1.82) is 0 Å². The van der Waals surface area contributed by atoms with E-state index in [1.165, 1.54) is 0 Å². The molecule has 0 unspecified atom stereocenters. The van der Waals surface area contributed by atoms with Gasteiger partial charge in [0.2, 0.25) is 0 Å². The lowest BCUT2D eigenvalue weighted by atomic mass is 10.1. The third-order valence-electron chi connectivity index (χ3n) is 3.89. The summed E-state index contributed by atoms with van der Waals surface area (Å²) in [7, 11) is 0. The van der Waals surface area contributed by atoms with Crippen LogP contribution in [0.2, 0.25) is 0 Å². The Kier molecular flexibility index (Phi) is 4.79. The second-order valence-corrected chi connectivity index (χ2v) is 5.67. The number of para-hydroxylation sites is 1. The maximum Gasteiger partial charge on any atom is 0.280 e. The van der Waals surface area contributed by atoms with Crippen molar-refractivity contribution in [3.8, 4) is 5.69 Å². The molecule has 0 bridgehead atoms. The Hall–Kier alpha value is -2.82. The number of furan rings is 1. The molecule has 0 aliphatic heterocycles. The summed E-state index contributed by atoms with van der Waals surface area (Å²) in [4.78, 5) is 17.4. The fourth-order valence-corrected chi connectivity index (χ4v) is 2.72. The second-order valence-electron chi connectivity index (χ2n) is 5.67. The number of benzene rings is 1. The molecule has 2 aromatic heterocycles. The Morgan fingerprint density at radius 3 is 2.67 bits per heavy atom. The molecule has 0 aliphatic carbocycles. The van der Waals surface area contributed by atoms with E-state index in [-0.39, 0.29) is 5.56 Å². The standard InChI is InChI=1S/C19H21N3O2/c1-3-8-17-18(14(2)20-13-16-11-7-12-24-16)19(23)22(21-17)15-9-5-4-6-10-15/h4-7,9-12,21H,3,8,13H2,1-2H3. The first-order valence-electron chi connectivity index (χ1n) is 8.13. The minimum Gasteiger partial charge on any atom is -0.467 e. The summed E-state index contributed by atoms with van der Waals surface area (Å²) in [5.74, 6) is 0.783. The maximum absolute atomic E-state index is 12.9. The molecular formula is C19H21N3O2. The molecule has 124 valence electrons. The van der Waals surface area contributed by atoms with E-state index in [0.29, 0.717) is 12.1 Å². The Bertz CT molecular complexity index is 871. The van der Waals surface area contributed by atoms with Crippen molar-refractivity contribution in [1.82, 2.24) is 9.78 Å². The van der Waals surface area contributed by atoms with E-state index in [9.17, 15) is 4.79 Å². The number of rotatable bonds is 6. The normalized spacial score (nSPS) is 11.8. The lowest BCUT2D eigenvalue weighted by Gasteiger charge is -2.00. The van der Waals surface area contributed by atoms with Gasteiger partial charge in [0, 0.05) is 11.4 Å². The van der Waals surface area contributed by atoms with Crippen LogP contribution in [0.1, 0.15) is 37.3 Å². The Balaban J connectivity index is 2.01. The van der Waals surface area contributed by atoms with Crippen LogP contribution in [0.5, 0.6) is 0 Å². The number of aromatic amines is 1. The molecule has 0 saturated carbocycles. The van der Waals surface area contributed by atoms with Gasteiger partial charge in [0.05, 0.1) is 24.1 Å². The maximum atomic E-state index is 12.9. The molecule has 0 atom stereocenters. The number of H-pyrrole nitrogens is 1. The third kappa shape index (κ3) is 3.25. The second kappa shape index (κ2) is 7.17. The summed E-state index contributed by atoms with van der Waals surface area (Å²) >= 11 is 0. The quantitative estimate of drug-likeness (QED) is 0.703. The fraction of sp³-hybridized carbons (Fsp3) is 0.263. The van der Waals surface area contributed by atoms with Gasteiger partial charge in [-0.1, -0.05) is 31.5 Å². The number of aromatic nitrogens is 2. The predicted molar refractivity (Wildman–Crippen MR) is 95.0 cm³/mol. The topological polar surface area (TPSA) is 63.3 Å². The molecule has 24 heavy (non-hydrogen) atoms. The zero-order valence-electron chi connectivity index (χ0n) is 14.0. The Morgan fingerprint density at radius 2 is 2.00 bits per heavy atom. The van der Waals surface area contributed by atoms with E-state index in [1.807, 2.05) is 49.4 Å². The first kappa shape index (κ1) is 16.1. The van der Waals surface area contributed by atoms with E-state index in [2.05, 4.69) is 17.0 Å². The Morgan fingerprint density at radius 1 is 1.21 bits per heavy atom. The highest BCUT2D eigenvalue weighted by Crippen LogP contribution is 2.12. The van der Waals surface area contributed by atoms with Gasteiger partial charge in [-0.2, -0.15) is 0 Å². The van der Waals surface area contributed by atoms with Crippen molar-refractivity contribution in [3.05, 3.63) is 76.1 Å². The smallest absolute Gasteiger partial charge is 0.280 e. The summed E-state index contributed by atoms with van der Waals surface area (Å²) in [5, 5.41) is 3.24. The molecule has 1 N–H and O–H groups in total. The highest BCUT2D eigenvalue weighted by molar-refractivity contribution is 5.99. The summed E-state index contributed by atoms with van der Waals surface area (Å²) in [6, 6.07) is 13.3. The van der Waals surface area contributed by atoms with Crippen LogP contribution in [0, 0.1) is 0 Å². The molecule has 0 radical (unpaired) electrons. The minimum absolute atomic E-state index is 0.0645. The molecule has 5 heteroatoms. The summed E-state index contributed by atoms with van der Waals surface area (Å²) < 4.78 is 6.89. The molecule has 0 spiro atoms. The van der Waals surface area contributed by atoms with Crippen LogP contribution in [-0.4, -0.2) is 15.5 Å². The van der Waals surface area contributed by atoms with E-state index in [1.54, 1.807) is 10.9 Å². The van der Waals surface area contributed by atoms with Gasteiger partial charge in [-0.15, -0.1) is 0 Å². The van der Waals surface area contributed by atoms with Gasteiger partial charge in [-0.3, -0.25) is 14.9 Å². The van der Waals surface area contributed by atoms with E-state index >= 15 is 0 Å². The van der Waals surface area contributed by atoms with Gasteiger partial charge in [-0.05, 0) is 37.6 Å². The van der Waals surface area contributed by atoms with Crippen LogP contribution in [-0.2, 0) is 13.0 Å². The van der Waals surface area contributed by atoms with Crippen molar-refractivity contribution >= 4 is 5.71 Å². The van der Waals surface area contributed by atoms with E-state index in [4.69, 9.17) is 4.42 Å². The SMILES string of the molecule is CCCc1[nH]n(-c2ccccc2)c(=O)c1C(C)=NCc1ccco1. The number of hydrogen-bond acceptors (Lipinski definition) is 3. The van der Waals surface area contributed by atoms with Gasteiger partial charge < -0.3 is 4.42 Å². The number of hydrogen-bond donors (Lipinski definition) is 1. The zero-order chi connectivity index (χ0) is 16.9. The average molecular weight is 323 g/mol. The fourth-order valence-electron chi connectivity index (χ4n) is 2.72. The summed E-state index contributed by atoms with van der Waals surface area (Å²) in [5.41, 5.74) is 3.07. The third-order valence-corrected chi connectivity index (χ3v) is 3.89. The highest BCUT2D eigenvalue weighted by atomic mass is 16.3. The first-order chi connectivity index (χ1) is 11.7. The largest absolute Gasteiger partial charge is 0.467 e. The number of aliphatic imine (C=N–C) groups is 1. The van der Waals surface area contributed by atoms with Gasteiger partial charge in [0.15, 0.2) is 0 Å². The van der Waals surface area contributed by atoms with Crippen LogP contribution in [0.3, 0.4) is 0 Å². The number of nitrogens with one attached hydrogen (secondary N) is 1. The average Bonchev–Trinajstić information content (AvgIpc) is 3.22. The van der Waals surface area contributed by atoms with Crippen molar-refractivity contribution in [3.63, 3.8) is 0 Å². The lowest BCUT2D eigenvalue weighted by molar-refractivity contribution is 0.513. The molecule has 5 nitrogen and oxygen atoms in total. The van der Waals surface area contributed by atoms with Gasteiger partial charge in [0.25, 0.3) is 5.56 Å². The van der Waals surface area contributed by atoms with Crippen LogP contribution in [0.25, 0.3) is 5.69 Å². The molecule has 0 saturated heterocycles. The Labute approximate surface area is 140 Å². The molecule has 0 aliphatic rings. The van der Waals surface area contributed by atoms with E-state index in [0.717, 1.165) is 35.7 Å². The minimum atomic E-state index is -0.0645. The van der Waals surface area contributed by atoms with Crippen molar-refractivity contribution in [2.75, 3.05) is 0 Å². The first-order valence-corrected chi connectivity index (χ1v) is 8.13. The molecule has 2 heterocycles. The van der Waals surface area contributed by atoms with Crippen molar-refractivity contribution in [2.24, 2.45) is 4.99 Å². The predicted octanol–water partition coefficient (Wildman–Crippen LogP) is 3.72. The summed E-state index contributed by atoms with van der Waals surface area (Å²) in [6.45, 7) is 4.40. The molecular weight excluding hydrogens is 302 g/mol. The van der Waals surface area contributed by atoms with Gasteiger partial charge in [-0.25, -0.2) is 4.68 Å². The van der Waals surface area contributed by atoms with Crippen LogP contribution in [0.4, 0.5) is 0 Å². The summed E-state index contributed by atoms with van der Waals surface area (Å²) in [6.07, 6.45) is 3.38. The van der Waals surface area contributed by atoms with Gasteiger partial charge >= 0.3 is 0 Å². The highest BCUT2D eigenvalue weighted by Gasteiger charge is 2.17. The molecule has 3 rings (SSSR count). The monoisotopic (exact) mass is 323 g/mol. The van der Waals surface area contributed by atoms with Crippen LogP contribution >= 0.6 is 0 Å².